The molecule has 1 aromatic heterocycles. The number of likely N-dealkylation sites (N-methyl/N-ethyl adjacent to an activating group) is 1. The molecule has 0 saturated carbocycles. The van der Waals surface area contributed by atoms with Gasteiger partial charge >= 0.3 is 0 Å². The SMILES string of the molecule is CCCCCCC(Cc1cccnc1)NCC. The summed E-state index contributed by atoms with van der Waals surface area (Å²) >= 11 is 0. The van der Waals surface area contributed by atoms with Gasteiger partial charge in [0.2, 0.25) is 0 Å². The summed E-state index contributed by atoms with van der Waals surface area (Å²) < 4.78 is 0. The summed E-state index contributed by atoms with van der Waals surface area (Å²) in [5, 5.41) is 3.58. The molecule has 0 spiro atoms. The molecule has 0 fully saturated rings. The number of aromatic nitrogens is 1. The minimum atomic E-state index is 0.612. The first-order chi connectivity index (χ1) is 8.36. The molecule has 0 aromatic carbocycles. The molecule has 0 aliphatic carbocycles. The molecule has 2 heteroatoms. The summed E-state index contributed by atoms with van der Waals surface area (Å²) in [6.45, 7) is 5.50. The quantitative estimate of drug-likeness (QED) is 0.661. The van der Waals surface area contributed by atoms with Crippen LogP contribution in [0.15, 0.2) is 24.5 Å². The number of pyridine rings is 1. The first-order valence-corrected chi connectivity index (χ1v) is 6.99. The monoisotopic (exact) mass is 234 g/mol. The Balaban J connectivity index is 2.32. The molecule has 0 saturated heterocycles. The lowest BCUT2D eigenvalue weighted by molar-refractivity contribution is 0.463. The zero-order valence-electron chi connectivity index (χ0n) is 11.3. The highest BCUT2D eigenvalue weighted by molar-refractivity contribution is 5.10. The van der Waals surface area contributed by atoms with Gasteiger partial charge in [-0.3, -0.25) is 4.98 Å². The molecule has 0 aliphatic rings. The first-order valence-electron chi connectivity index (χ1n) is 6.99. The Kier molecular flexibility index (Phi) is 7.65. The van der Waals surface area contributed by atoms with Crippen LogP contribution in [0, 0.1) is 0 Å². The van der Waals surface area contributed by atoms with Crippen molar-refractivity contribution in [3.05, 3.63) is 30.1 Å². The van der Waals surface area contributed by atoms with E-state index in [0.29, 0.717) is 6.04 Å². The number of unbranched alkanes of at least 4 members (excludes halogenated alkanes) is 3. The van der Waals surface area contributed by atoms with Gasteiger partial charge in [-0.1, -0.05) is 45.6 Å². The van der Waals surface area contributed by atoms with Crippen LogP contribution in [0.2, 0.25) is 0 Å². The van der Waals surface area contributed by atoms with Crippen LogP contribution in [0.25, 0.3) is 0 Å². The molecule has 1 aromatic rings. The standard InChI is InChI=1S/C15H26N2/c1-3-5-6-7-10-15(17-4-2)12-14-9-8-11-16-13-14/h8-9,11,13,15,17H,3-7,10,12H2,1-2H3. The Bertz CT molecular complexity index is 272. The van der Waals surface area contributed by atoms with Crippen LogP contribution in [0.3, 0.4) is 0 Å². The van der Waals surface area contributed by atoms with Crippen molar-refractivity contribution >= 4 is 0 Å². The van der Waals surface area contributed by atoms with Crippen molar-refractivity contribution in [3.63, 3.8) is 0 Å². The average Bonchev–Trinajstić information content (AvgIpc) is 2.36. The van der Waals surface area contributed by atoms with E-state index in [1.54, 1.807) is 0 Å². The second-order valence-corrected chi connectivity index (χ2v) is 4.67. The summed E-state index contributed by atoms with van der Waals surface area (Å²) in [4.78, 5) is 4.18. The van der Waals surface area contributed by atoms with Gasteiger partial charge in [-0.05, 0) is 31.0 Å². The van der Waals surface area contributed by atoms with E-state index < -0.39 is 0 Å². The van der Waals surface area contributed by atoms with Crippen LogP contribution in [0.1, 0.15) is 51.5 Å². The number of hydrogen-bond donors (Lipinski definition) is 1. The van der Waals surface area contributed by atoms with Gasteiger partial charge in [-0.25, -0.2) is 0 Å². The van der Waals surface area contributed by atoms with Gasteiger partial charge in [-0.15, -0.1) is 0 Å². The van der Waals surface area contributed by atoms with Gasteiger partial charge in [-0.2, -0.15) is 0 Å². The van der Waals surface area contributed by atoms with Crippen LogP contribution in [-0.2, 0) is 6.42 Å². The Morgan fingerprint density at radius 2 is 2.12 bits per heavy atom. The molecule has 1 rings (SSSR count). The summed E-state index contributed by atoms with van der Waals surface area (Å²) in [5.41, 5.74) is 1.34. The van der Waals surface area contributed by atoms with Crippen molar-refractivity contribution in [1.29, 1.82) is 0 Å². The van der Waals surface area contributed by atoms with E-state index in [9.17, 15) is 0 Å². The predicted octanol–water partition coefficient (Wildman–Crippen LogP) is 3.57. The number of hydrogen-bond acceptors (Lipinski definition) is 2. The van der Waals surface area contributed by atoms with Crippen LogP contribution < -0.4 is 5.32 Å². The van der Waals surface area contributed by atoms with Crippen molar-refractivity contribution in [2.45, 2.75) is 58.4 Å². The largest absolute Gasteiger partial charge is 0.314 e. The summed E-state index contributed by atoms with van der Waals surface area (Å²) in [5.74, 6) is 0. The van der Waals surface area contributed by atoms with Gasteiger partial charge in [0.05, 0.1) is 0 Å². The molecule has 1 unspecified atom stereocenters. The Labute approximate surface area is 106 Å². The molecule has 1 N–H and O–H groups in total. The zero-order chi connectivity index (χ0) is 12.3. The molecular weight excluding hydrogens is 208 g/mol. The lowest BCUT2D eigenvalue weighted by Crippen LogP contribution is -2.30. The Morgan fingerprint density at radius 3 is 2.76 bits per heavy atom. The molecule has 1 heterocycles. The Hall–Kier alpha value is -0.890. The smallest absolute Gasteiger partial charge is 0.0300 e. The van der Waals surface area contributed by atoms with Crippen LogP contribution in [0.4, 0.5) is 0 Å². The number of nitrogens with one attached hydrogen (secondary N) is 1. The summed E-state index contributed by atoms with van der Waals surface area (Å²) in [6, 6.07) is 4.81. The summed E-state index contributed by atoms with van der Waals surface area (Å²) in [7, 11) is 0. The van der Waals surface area contributed by atoms with Crippen molar-refractivity contribution < 1.29 is 0 Å². The van der Waals surface area contributed by atoms with E-state index in [1.165, 1.54) is 37.7 Å². The first kappa shape index (κ1) is 14.2. The zero-order valence-corrected chi connectivity index (χ0v) is 11.3. The Morgan fingerprint density at radius 1 is 1.24 bits per heavy atom. The van der Waals surface area contributed by atoms with Crippen molar-refractivity contribution in [3.8, 4) is 0 Å². The van der Waals surface area contributed by atoms with E-state index in [2.05, 4.69) is 30.2 Å². The van der Waals surface area contributed by atoms with Gasteiger partial charge in [0.1, 0.15) is 0 Å². The lowest BCUT2D eigenvalue weighted by Gasteiger charge is -2.17. The fraction of sp³-hybridized carbons (Fsp3) is 0.667. The van der Waals surface area contributed by atoms with Gasteiger partial charge in [0.25, 0.3) is 0 Å². The molecule has 0 amide bonds. The average molecular weight is 234 g/mol. The van der Waals surface area contributed by atoms with Gasteiger partial charge < -0.3 is 5.32 Å². The van der Waals surface area contributed by atoms with Gasteiger partial charge in [0, 0.05) is 18.4 Å². The third kappa shape index (κ3) is 6.42. The summed E-state index contributed by atoms with van der Waals surface area (Å²) in [6.07, 6.45) is 11.6. The topological polar surface area (TPSA) is 24.9 Å². The fourth-order valence-electron chi connectivity index (χ4n) is 2.19. The maximum atomic E-state index is 4.18. The molecule has 0 aliphatic heterocycles. The third-order valence-corrected chi connectivity index (χ3v) is 3.10. The van der Waals surface area contributed by atoms with Crippen LogP contribution in [-0.4, -0.2) is 17.6 Å². The molecule has 0 radical (unpaired) electrons. The highest BCUT2D eigenvalue weighted by atomic mass is 14.9. The highest BCUT2D eigenvalue weighted by Gasteiger charge is 2.07. The van der Waals surface area contributed by atoms with Crippen LogP contribution >= 0.6 is 0 Å². The van der Waals surface area contributed by atoms with Crippen LogP contribution in [0.5, 0.6) is 0 Å². The number of nitrogens with zero attached hydrogens (tertiary/aromatic N) is 1. The highest BCUT2D eigenvalue weighted by Crippen LogP contribution is 2.10. The van der Waals surface area contributed by atoms with E-state index in [-0.39, 0.29) is 0 Å². The molecular formula is C15H26N2. The van der Waals surface area contributed by atoms with E-state index >= 15 is 0 Å². The lowest BCUT2D eigenvalue weighted by atomic mass is 10.0. The third-order valence-electron chi connectivity index (χ3n) is 3.10. The van der Waals surface area contributed by atoms with E-state index in [1.807, 2.05) is 18.5 Å². The second kappa shape index (κ2) is 9.17. The second-order valence-electron chi connectivity index (χ2n) is 4.67. The van der Waals surface area contributed by atoms with Gasteiger partial charge in [0.15, 0.2) is 0 Å². The minimum Gasteiger partial charge on any atom is -0.314 e. The van der Waals surface area contributed by atoms with Crippen molar-refractivity contribution in [2.75, 3.05) is 6.54 Å². The fourth-order valence-corrected chi connectivity index (χ4v) is 2.19. The molecule has 0 bridgehead atoms. The van der Waals surface area contributed by atoms with E-state index in [0.717, 1.165) is 13.0 Å². The molecule has 2 nitrogen and oxygen atoms in total. The van der Waals surface area contributed by atoms with Crippen molar-refractivity contribution in [2.24, 2.45) is 0 Å². The molecule has 1 atom stereocenters. The molecule has 96 valence electrons. The van der Waals surface area contributed by atoms with Crippen molar-refractivity contribution in [1.82, 2.24) is 10.3 Å². The predicted molar refractivity (Wildman–Crippen MR) is 74.2 cm³/mol. The van der Waals surface area contributed by atoms with E-state index in [4.69, 9.17) is 0 Å². The maximum Gasteiger partial charge on any atom is 0.0300 e. The minimum absolute atomic E-state index is 0.612. The normalized spacial score (nSPS) is 12.6. The number of rotatable bonds is 9. The maximum absolute atomic E-state index is 4.18. The molecule has 17 heavy (non-hydrogen) atoms.